The van der Waals surface area contributed by atoms with Crippen LogP contribution in [-0.4, -0.2) is 28.7 Å². The van der Waals surface area contributed by atoms with E-state index in [0.29, 0.717) is 17.9 Å². The van der Waals surface area contributed by atoms with Crippen molar-refractivity contribution in [3.63, 3.8) is 0 Å². The van der Waals surface area contributed by atoms with Crippen LogP contribution < -0.4 is 16.2 Å². The minimum Gasteiger partial charge on any atom is -0.364 e. The van der Waals surface area contributed by atoms with Gasteiger partial charge in [0.1, 0.15) is 0 Å². The van der Waals surface area contributed by atoms with Gasteiger partial charge in [0, 0.05) is 37.6 Å². The molecular weight excluding hydrogens is 264 g/mol. The maximum Gasteiger partial charge on any atom is 0.293 e. The molecule has 2 saturated carbocycles. The number of hydrogen-bond acceptors (Lipinski definition) is 4. The smallest absolute Gasteiger partial charge is 0.293 e. The van der Waals surface area contributed by atoms with Gasteiger partial charge in [0.25, 0.3) is 5.56 Å². The maximum absolute atomic E-state index is 12.2. The van der Waals surface area contributed by atoms with Crippen LogP contribution in [0.3, 0.4) is 0 Å². The van der Waals surface area contributed by atoms with Gasteiger partial charge < -0.3 is 15.2 Å². The zero-order valence-corrected chi connectivity index (χ0v) is 12.7. The lowest BCUT2D eigenvalue weighted by atomic mass is 10.1. The Balaban J connectivity index is 1.45. The molecule has 0 radical (unpaired) electrons. The van der Waals surface area contributed by atoms with Crippen molar-refractivity contribution in [2.45, 2.75) is 63.5 Å². The van der Waals surface area contributed by atoms with Gasteiger partial charge in [-0.25, -0.2) is 4.98 Å². The Morgan fingerprint density at radius 3 is 2.57 bits per heavy atom. The SMILES string of the molecule is O=c1c(NCCNC2CCCCCC2)nccn1C1CC1. The Morgan fingerprint density at radius 1 is 1.10 bits per heavy atom. The van der Waals surface area contributed by atoms with E-state index in [4.69, 9.17) is 0 Å². The van der Waals surface area contributed by atoms with Crippen molar-refractivity contribution in [1.29, 1.82) is 0 Å². The van der Waals surface area contributed by atoms with Crippen LogP contribution in [0, 0.1) is 0 Å². The van der Waals surface area contributed by atoms with Gasteiger partial charge in [-0.15, -0.1) is 0 Å². The number of nitrogens with zero attached hydrogens (tertiary/aromatic N) is 2. The number of anilines is 1. The minimum absolute atomic E-state index is 0.0227. The van der Waals surface area contributed by atoms with Crippen LogP contribution in [0.15, 0.2) is 17.2 Å². The third kappa shape index (κ3) is 4.06. The lowest BCUT2D eigenvalue weighted by molar-refractivity contribution is 0.468. The molecule has 0 unspecified atom stereocenters. The summed E-state index contributed by atoms with van der Waals surface area (Å²) >= 11 is 0. The zero-order valence-electron chi connectivity index (χ0n) is 12.7. The summed E-state index contributed by atoms with van der Waals surface area (Å²) in [7, 11) is 0. The Kier molecular flexibility index (Phi) is 4.91. The summed E-state index contributed by atoms with van der Waals surface area (Å²) in [5.74, 6) is 0.493. The normalized spacial score (nSPS) is 20.2. The average Bonchev–Trinajstić information content (AvgIpc) is 3.32. The highest BCUT2D eigenvalue weighted by atomic mass is 16.1. The maximum atomic E-state index is 12.2. The molecule has 116 valence electrons. The Hall–Kier alpha value is -1.36. The van der Waals surface area contributed by atoms with E-state index in [1.165, 1.54) is 38.5 Å². The van der Waals surface area contributed by atoms with Crippen molar-refractivity contribution in [2.75, 3.05) is 18.4 Å². The lowest BCUT2D eigenvalue weighted by Crippen LogP contribution is -2.34. The lowest BCUT2D eigenvalue weighted by Gasteiger charge is -2.16. The molecule has 2 aliphatic rings. The predicted octanol–water partition coefficient (Wildman–Crippen LogP) is 2.30. The largest absolute Gasteiger partial charge is 0.364 e. The first kappa shape index (κ1) is 14.6. The molecular formula is C16H26N4O. The number of aromatic nitrogens is 2. The quantitative estimate of drug-likeness (QED) is 0.623. The van der Waals surface area contributed by atoms with Gasteiger partial charge >= 0.3 is 0 Å². The second kappa shape index (κ2) is 7.07. The van der Waals surface area contributed by atoms with Crippen molar-refractivity contribution in [1.82, 2.24) is 14.9 Å². The van der Waals surface area contributed by atoms with Crippen molar-refractivity contribution in [3.05, 3.63) is 22.7 Å². The first-order chi connectivity index (χ1) is 10.3. The molecule has 2 aliphatic carbocycles. The first-order valence-corrected chi connectivity index (χ1v) is 8.39. The van der Waals surface area contributed by atoms with Crippen LogP contribution in [0.4, 0.5) is 5.82 Å². The summed E-state index contributed by atoms with van der Waals surface area (Å²) in [6.07, 6.45) is 13.8. The summed E-state index contributed by atoms with van der Waals surface area (Å²) in [6.45, 7) is 1.65. The second-order valence-electron chi connectivity index (χ2n) is 6.29. The summed E-state index contributed by atoms with van der Waals surface area (Å²) in [6, 6.07) is 1.06. The van der Waals surface area contributed by atoms with Crippen molar-refractivity contribution in [3.8, 4) is 0 Å². The van der Waals surface area contributed by atoms with E-state index in [1.54, 1.807) is 12.4 Å². The molecule has 0 spiro atoms. The molecule has 2 N–H and O–H groups in total. The topological polar surface area (TPSA) is 59.0 Å². The Labute approximate surface area is 126 Å². The molecule has 0 bridgehead atoms. The highest BCUT2D eigenvalue weighted by Gasteiger charge is 2.25. The summed E-state index contributed by atoms with van der Waals surface area (Å²) < 4.78 is 1.81. The summed E-state index contributed by atoms with van der Waals surface area (Å²) in [5, 5.41) is 6.79. The Bertz CT molecular complexity index is 501. The molecule has 21 heavy (non-hydrogen) atoms. The number of hydrogen-bond donors (Lipinski definition) is 2. The van der Waals surface area contributed by atoms with E-state index in [1.807, 2.05) is 4.57 Å². The molecule has 5 heteroatoms. The fourth-order valence-electron chi connectivity index (χ4n) is 3.13. The fraction of sp³-hybridized carbons (Fsp3) is 0.750. The second-order valence-corrected chi connectivity index (χ2v) is 6.29. The molecule has 1 aromatic heterocycles. The molecule has 1 heterocycles. The van der Waals surface area contributed by atoms with Gasteiger partial charge in [0.05, 0.1) is 0 Å². The molecule has 0 saturated heterocycles. The van der Waals surface area contributed by atoms with Crippen LogP contribution >= 0.6 is 0 Å². The molecule has 0 amide bonds. The van der Waals surface area contributed by atoms with E-state index in [-0.39, 0.29) is 5.56 Å². The molecule has 0 atom stereocenters. The molecule has 1 aromatic rings. The average molecular weight is 290 g/mol. The standard InChI is InChI=1S/C16H26N4O/c21-16-15(19-11-12-20(16)14-7-8-14)18-10-9-17-13-5-3-1-2-4-6-13/h11-14,17H,1-10H2,(H,18,19). The number of nitrogens with one attached hydrogen (secondary N) is 2. The summed E-state index contributed by atoms with van der Waals surface area (Å²) in [5.41, 5.74) is 0.0227. The van der Waals surface area contributed by atoms with Gasteiger partial charge in [-0.05, 0) is 25.7 Å². The van der Waals surface area contributed by atoms with Gasteiger partial charge in [-0.3, -0.25) is 4.79 Å². The monoisotopic (exact) mass is 290 g/mol. The van der Waals surface area contributed by atoms with Gasteiger partial charge in [0.15, 0.2) is 5.82 Å². The third-order valence-corrected chi connectivity index (χ3v) is 4.51. The minimum atomic E-state index is 0.0227. The molecule has 3 rings (SSSR count). The zero-order chi connectivity index (χ0) is 14.5. The van der Waals surface area contributed by atoms with Crippen LogP contribution in [0.5, 0.6) is 0 Å². The van der Waals surface area contributed by atoms with Gasteiger partial charge in [-0.1, -0.05) is 25.7 Å². The predicted molar refractivity (Wildman–Crippen MR) is 84.8 cm³/mol. The summed E-state index contributed by atoms with van der Waals surface area (Å²) in [4.78, 5) is 16.4. The van der Waals surface area contributed by atoms with Crippen LogP contribution in [0.1, 0.15) is 57.4 Å². The molecule has 0 aliphatic heterocycles. The highest BCUT2D eigenvalue weighted by Crippen LogP contribution is 2.33. The van der Waals surface area contributed by atoms with Crippen molar-refractivity contribution in [2.24, 2.45) is 0 Å². The Morgan fingerprint density at radius 2 is 1.86 bits per heavy atom. The number of rotatable bonds is 6. The van der Waals surface area contributed by atoms with Gasteiger partial charge in [0.2, 0.25) is 0 Å². The van der Waals surface area contributed by atoms with E-state index in [0.717, 1.165) is 25.9 Å². The molecule has 0 aromatic carbocycles. The van der Waals surface area contributed by atoms with E-state index in [2.05, 4.69) is 15.6 Å². The van der Waals surface area contributed by atoms with Crippen LogP contribution in [0.2, 0.25) is 0 Å². The van der Waals surface area contributed by atoms with E-state index in [9.17, 15) is 4.79 Å². The van der Waals surface area contributed by atoms with Crippen molar-refractivity contribution >= 4 is 5.82 Å². The van der Waals surface area contributed by atoms with Crippen LogP contribution in [-0.2, 0) is 0 Å². The third-order valence-electron chi connectivity index (χ3n) is 4.51. The molecule has 5 nitrogen and oxygen atoms in total. The first-order valence-electron chi connectivity index (χ1n) is 8.39. The van der Waals surface area contributed by atoms with Crippen molar-refractivity contribution < 1.29 is 0 Å². The fourth-order valence-corrected chi connectivity index (χ4v) is 3.13. The van der Waals surface area contributed by atoms with E-state index < -0.39 is 0 Å². The van der Waals surface area contributed by atoms with E-state index >= 15 is 0 Å². The van der Waals surface area contributed by atoms with Gasteiger partial charge in [-0.2, -0.15) is 0 Å². The molecule has 2 fully saturated rings. The highest BCUT2D eigenvalue weighted by molar-refractivity contribution is 5.31. The van der Waals surface area contributed by atoms with Crippen LogP contribution in [0.25, 0.3) is 0 Å².